The average molecular weight is 345 g/mol. The van der Waals surface area contributed by atoms with Gasteiger partial charge in [0.15, 0.2) is 0 Å². The van der Waals surface area contributed by atoms with E-state index < -0.39 is 0 Å². The third kappa shape index (κ3) is 3.33. The molecule has 1 unspecified atom stereocenters. The number of hydrogen-bond acceptors (Lipinski definition) is 6. The van der Waals surface area contributed by atoms with E-state index in [1.165, 1.54) is 11.3 Å². The molecule has 1 atom stereocenters. The summed E-state index contributed by atoms with van der Waals surface area (Å²) in [5, 5.41) is 11.6. The molecule has 0 radical (unpaired) electrons. The molecule has 7 heteroatoms. The van der Waals surface area contributed by atoms with Gasteiger partial charge >= 0.3 is 0 Å². The van der Waals surface area contributed by atoms with Gasteiger partial charge < -0.3 is 14.8 Å². The predicted octanol–water partition coefficient (Wildman–Crippen LogP) is 2.16. The maximum absolute atomic E-state index is 12.1. The Hall–Kier alpha value is -2.22. The molecule has 3 aromatic rings. The Balaban J connectivity index is 1.82. The molecule has 0 aliphatic rings. The molecule has 0 amide bonds. The van der Waals surface area contributed by atoms with Crippen LogP contribution in [-0.2, 0) is 6.54 Å². The number of rotatable bonds is 6. The molecule has 0 fully saturated rings. The van der Waals surface area contributed by atoms with E-state index in [1.54, 1.807) is 7.11 Å². The maximum Gasteiger partial charge on any atom is 0.268 e. The molecular weight excluding hydrogens is 326 g/mol. The van der Waals surface area contributed by atoms with Crippen LogP contribution in [0.2, 0.25) is 0 Å². The van der Waals surface area contributed by atoms with Crippen molar-refractivity contribution in [2.24, 2.45) is 0 Å². The van der Waals surface area contributed by atoms with Crippen LogP contribution in [0.15, 0.2) is 40.5 Å². The van der Waals surface area contributed by atoms with Crippen molar-refractivity contribution < 1.29 is 9.84 Å². The first-order valence-corrected chi connectivity index (χ1v) is 8.41. The first-order chi connectivity index (χ1) is 11.6. The molecule has 1 aromatic carbocycles. The van der Waals surface area contributed by atoms with E-state index >= 15 is 0 Å². The van der Waals surface area contributed by atoms with Crippen LogP contribution in [0.1, 0.15) is 17.4 Å². The number of ether oxygens (including phenoxy) is 1. The molecule has 2 N–H and O–H groups in total. The fourth-order valence-electron chi connectivity index (χ4n) is 2.67. The summed E-state index contributed by atoms with van der Waals surface area (Å²) in [6.45, 7) is 0.395. The molecule has 0 spiro atoms. The van der Waals surface area contributed by atoms with Crippen LogP contribution in [-0.4, -0.2) is 40.7 Å². The van der Waals surface area contributed by atoms with E-state index in [9.17, 15) is 9.90 Å². The van der Waals surface area contributed by atoms with E-state index in [1.807, 2.05) is 47.7 Å². The van der Waals surface area contributed by atoms with Crippen molar-refractivity contribution in [1.82, 2.24) is 14.9 Å². The fourth-order valence-corrected chi connectivity index (χ4v) is 3.39. The number of nitrogens with zero attached hydrogens (tertiary/aromatic N) is 2. The standard InChI is InChI=1S/C17H19N3O3S/c1-20(14(10-21)11-3-5-12(23-2)6-4-11)9-15-18-13-7-8-24-16(13)17(22)19-15/h3-8,14,21H,9-10H2,1-2H3,(H,18,19,22). The molecule has 0 saturated heterocycles. The van der Waals surface area contributed by atoms with Crippen LogP contribution in [0, 0.1) is 0 Å². The highest BCUT2D eigenvalue weighted by Gasteiger charge is 2.18. The number of benzene rings is 1. The van der Waals surface area contributed by atoms with E-state index in [-0.39, 0.29) is 18.2 Å². The molecule has 126 valence electrons. The van der Waals surface area contributed by atoms with Gasteiger partial charge in [-0.2, -0.15) is 0 Å². The minimum absolute atomic E-state index is 0.0340. The third-order valence-corrected chi connectivity index (χ3v) is 4.87. The van der Waals surface area contributed by atoms with Gasteiger partial charge in [0.1, 0.15) is 16.3 Å². The lowest BCUT2D eigenvalue weighted by atomic mass is 10.1. The lowest BCUT2D eigenvalue weighted by Gasteiger charge is -2.26. The molecule has 0 saturated carbocycles. The van der Waals surface area contributed by atoms with Gasteiger partial charge in [0, 0.05) is 0 Å². The molecule has 0 bridgehead atoms. The molecule has 2 aromatic heterocycles. The molecule has 2 heterocycles. The lowest BCUT2D eigenvalue weighted by molar-refractivity contribution is 0.140. The maximum atomic E-state index is 12.1. The normalized spacial score (nSPS) is 12.7. The van der Waals surface area contributed by atoms with Crippen molar-refractivity contribution in [1.29, 1.82) is 0 Å². The fraction of sp³-hybridized carbons (Fsp3) is 0.294. The Morgan fingerprint density at radius 3 is 2.75 bits per heavy atom. The van der Waals surface area contributed by atoms with Crippen LogP contribution in [0.3, 0.4) is 0 Å². The van der Waals surface area contributed by atoms with Crippen LogP contribution < -0.4 is 10.3 Å². The summed E-state index contributed by atoms with van der Waals surface area (Å²) < 4.78 is 5.79. The summed E-state index contributed by atoms with van der Waals surface area (Å²) in [6, 6.07) is 9.22. The number of thiophene rings is 1. The number of aliphatic hydroxyl groups excluding tert-OH is 1. The van der Waals surface area contributed by atoms with Gasteiger partial charge in [0.05, 0.1) is 31.8 Å². The Kier molecular flexibility index (Phi) is 4.94. The quantitative estimate of drug-likeness (QED) is 0.716. The number of aromatic amines is 1. The Labute approximate surface area is 143 Å². The zero-order chi connectivity index (χ0) is 17.1. The summed E-state index contributed by atoms with van der Waals surface area (Å²) in [4.78, 5) is 21.3. The van der Waals surface area contributed by atoms with Crippen LogP contribution in [0.5, 0.6) is 5.75 Å². The molecular formula is C17H19N3O3S. The van der Waals surface area contributed by atoms with E-state index in [0.29, 0.717) is 22.6 Å². The summed E-state index contributed by atoms with van der Waals surface area (Å²) in [5.41, 5.74) is 1.56. The monoisotopic (exact) mass is 345 g/mol. The second kappa shape index (κ2) is 7.12. The minimum Gasteiger partial charge on any atom is -0.497 e. The largest absolute Gasteiger partial charge is 0.497 e. The first kappa shape index (κ1) is 16.6. The Morgan fingerprint density at radius 2 is 2.08 bits per heavy atom. The van der Waals surface area contributed by atoms with Crippen LogP contribution in [0.4, 0.5) is 0 Å². The average Bonchev–Trinajstić information content (AvgIpc) is 3.05. The van der Waals surface area contributed by atoms with E-state index in [4.69, 9.17) is 4.74 Å². The smallest absolute Gasteiger partial charge is 0.268 e. The highest BCUT2D eigenvalue weighted by molar-refractivity contribution is 7.17. The van der Waals surface area contributed by atoms with Gasteiger partial charge in [0.25, 0.3) is 5.56 Å². The molecule has 3 rings (SSSR count). The van der Waals surface area contributed by atoms with Crippen molar-refractivity contribution in [3.63, 3.8) is 0 Å². The van der Waals surface area contributed by atoms with Gasteiger partial charge in [-0.15, -0.1) is 11.3 Å². The van der Waals surface area contributed by atoms with Crippen LogP contribution in [0.25, 0.3) is 10.2 Å². The number of likely N-dealkylation sites (N-methyl/N-ethyl adjacent to an activating group) is 1. The lowest BCUT2D eigenvalue weighted by Crippen LogP contribution is -2.28. The SMILES string of the molecule is COc1ccc(C(CO)N(C)Cc2nc3ccsc3c(=O)[nH]2)cc1. The van der Waals surface area contributed by atoms with Gasteiger partial charge in [-0.05, 0) is 36.2 Å². The van der Waals surface area contributed by atoms with Crippen molar-refractivity contribution in [2.75, 3.05) is 20.8 Å². The topological polar surface area (TPSA) is 78.5 Å². The summed E-state index contributed by atoms with van der Waals surface area (Å²) in [6.07, 6.45) is 0. The molecule has 0 aliphatic carbocycles. The molecule has 6 nitrogen and oxygen atoms in total. The zero-order valence-corrected chi connectivity index (χ0v) is 14.3. The van der Waals surface area contributed by atoms with E-state index in [0.717, 1.165) is 11.3 Å². The highest BCUT2D eigenvalue weighted by atomic mass is 32.1. The van der Waals surface area contributed by atoms with Crippen molar-refractivity contribution >= 4 is 21.6 Å². The number of fused-ring (bicyclic) bond motifs is 1. The highest BCUT2D eigenvalue weighted by Crippen LogP contribution is 2.23. The van der Waals surface area contributed by atoms with Crippen LogP contribution >= 0.6 is 11.3 Å². The number of nitrogens with one attached hydrogen (secondary N) is 1. The second-order valence-electron chi connectivity index (χ2n) is 5.53. The van der Waals surface area contributed by atoms with Crippen molar-refractivity contribution in [3.8, 4) is 5.75 Å². The summed E-state index contributed by atoms with van der Waals surface area (Å²) in [5.74, 6) is 1.35. The predicted molar refractivity (Wildman–Crippen MR) is 94.5 cm³/mol. The Morgan fingerprint density at radius 1 is 1.33 bits per heavy atom. The number of methoxy groups -OCH3 is 1. The Bertz CT molecular complexity index is 873. The number of aromatic nitrogens is 2. The second-order valence-corrected chi connectivity index (χ2v) is 6.45. The molecule has 24 heavy (non-hydrogen) atoms. The van der Waals surface area contributed by atoms with Crippen molar-refractivity contribution in [3.05, 3.63) is 57.5 Å². The zero-order valence-electron chi connectivity index (χ0n) is 13.5. The summed E-state index contributed by atoms with van der Waals surface area (Å²) in [7, 11) is 3.51. The third-order valence-electron chi connectivity index (χ3n) is 3.97. The minimum atomic E-state index is -0.195. The van der Waals surface area contributed by atoms with Crippen molar-refractivity contribution in [2.45, 2.75) is 12.6 Å². The van der Waals surface area contributed by atoms with Gasteiger partial charge in [0.2, 0.25) is 0 Å². The number of aliphatic hydroxyl groups is 1. The van der Waals surface area contributed by atoms with Gasteiger partial charge in [-0.1, -0.05) is 12.1 Å². The first-order valence-electron chi connectivity index (χ1n) is 7.54. The number of H-pyrrole nitrogens is 1. The number of hydrogen-bond donors (Lipinski definition) is 2. The van der Waals surface area contributed by atoms with Gasteiger partial charge in [-0.25, -0.2) is 4.98 Å². The van der Waals surface area contributed by atoms with E-state index in [2.05, 4.69) is 9.97 Å². The van der Waals surface area contributed by atoms with Gasteiger partial charge in [-0.3, -0.25) is 9.69 Å². The molecule has 0 aliphatic heterocycles. The summed E-state index contributed by atoms with van der Waals surface area (Å²) >= 11 is 1.38.